The van der Waals surface area contributed by atoms with Crippen LogP contribution in [0.4, 0.5) is 0 Å². The van der Waals surface area contributed by atoms with Gasteiger partial charge < -0.3 is 0 Å². The fraction of sp³-hybridized carbons (Fsp3) is 0.167. The normalized spacial score (nSPS) is 13.8. The predicted molar refractivity (Wildman–Crippen MR) is 38.9 cm³/mol. The van der Waals surface area contributed by atoms with E-state index in [2.05, 4.69) is 13.0 Å². The molecule has 0 amide bonds. The van der Waals surface area contributed by atoms with Gasteiger partial charge in [0.2, 0.25) is 0 Å². The molecule has 0 spiro atoms. The van der Waals surface area contributed by atoms with Crippen LogP contribution in [0, 0.1) is 6.92 Å². The third-order valence-corrected chi connectivity index (χ3v) is 0.848. The van der Waals surface area contributed by atoms with Gasteiger partial charge in [0, 0.05) is 0 Å². The summed E-state index contributed by atoms with van der Waals surface area (Å²) in [5.74, 6) is 0. The van der Waals surface area contributed by atoms with Crippen LogP contribution >= 0.6 is 17.0 Å². The molecule has 0 nitrogen and oxygen atoms in total. The second kappa shape index (κ2) is 6.93. The summed E-state index contributed by atoms with van der Waals surface area (Å²) in [6, 6.07) is 0. The van der Waals surface area contributed by atoms with E-state index in [1.54, 1.807) is 0 Å². The summed E-state index contributed by atoms with van der Waals surface area (Å²) >= 11 is -0.826. The molecule has 3 heteroatoms. The first-order valence-electron chi connectivity index (χ1n) is 2.45. The Morgan fingerprint density at radius 2 is 2.11 bits per heavy atom. The van der Waals surface area contributed by atoms with Crippen LogP contribution in [-0.2, 0) is 20.8 Å². The summed E-state index contributed by atoms with van der Waals surface area (Å²) in [6.45, 7) is 3.74. The molecule has 0 aromatic rings. The number of hydrogen-bond donors (Lipinski definition) is 0. The van der Waals surface area contributed by atoms with Gasteiger partial charge in [-0.3, -0.25) is 0 Å². The number of allylic oxidation sites excluding steroid dienone is 4. The molecule has 0 bridgehead atoms. The van der Waals surface area contributed by atoms with Crippen LogP contribution in [0.25, 0.3) is 0 Å². The summed E-state index contributed by atoms with van der Waals surface area (Å²) < 4.78 is 0. The molecule has 0 unspecified atom stereocenters. The van der Waals surface area contributed by atoms with Gasteiger partial charge in [-0.15, -0.1) is 12.2 Å². The van der Waals surface area contributed by atoms with Crippen molar-refractivity contribution in [3.8, 4) is 0 Å². The summed E-state index contributed by atoms with van der Waals surface area (Å²) in [4.78, 5) is 0. The molecule has 0 aromatic heterocycles. The zero-order chi connectivity index (χ0) is 7.11. The van der Waals surface area contributed by atoms with E-state index in [0.29, 0.717) is 0 Å². The topological polar surface area (TPSA) is 0 Å². The van der Waals surface area contributed by atoms with Crippen molar-refractivity contribution in [2.45, 2.75) is 6.42 Å². The summed E-state index contributed by atoms with van der Waals surface area (Å²) in [7, 11) is 9.87. The molecule has 0 radical (unpaired) electrons. The molecule has 1 aliphatic rings. The van der Waals surface area contributed by atoms with Crippen LogP contribution in [0.2, 0.25) is 0 Å². The van der Waals surface area contributed by atoms with E-state index in [1.807, 2.05) is 12.2 Å². The van der Waals surface area contributed by atoms with Gasteiger partial charge in [-0.05, 0) is 6.42 Å². The van der Waals surface area contributed by atoms with Crippen LogP contribution in [0.3, 0.4) is 0 Å². The molecule has 0 aromatic carbocycles. The average molecular weight is 241 g/mol. The summed E-state index contributed by atoms with van der Waals surface area (Å²) in [5, 5.41) is 0. The van der Waals surface area contributed by atoms with E-state index in [1.165, 1.54) is 5.57 Å². The molecule has 50 valence electrons. The van der Waals surface area contributed by atoms with Crippen LogP contribution in [-0.4, -0.2) is 0 Å². The van der Waals surface area contributed by atoms with Crippen molar-refractivity contribution in [3.05, 3.63) is 30.7 Å². The minimum absolute atomic E-state index is 0.826. The Kier molecular flexibility index (Phi) is 7.55. The predicted octanol–water partition coefficient (Wildman–Crippen LogP) is 3.08. The molecule has 0 saturated heterocycles. The summed E-state index contributed by atoms with van der Waals surface area (Å²) in [5.41, 5.74) is 1.22. The van der Waals surface area contributed by atoms with E-state index in [-0.39, 0.29) is 0 Å². The number of hydrogen-bond acceptors (Lipinski definition) is 0. The molecule has 1 aliphatic carbocycles. The van der Waals surface area contributed by atoms with Gasteiger partial charge in [0.25, 0.3) is 0 Å². The van der Waals surface area contributed by atoms with Gasteiger partial charge in [-0.1, -0.05) is 0 Å². The molecule has 0 heterocycles. The third-order valence-electron chi connectivity index (χ3n) is 0.848. The standard InChI is InChI=1S/C6H7.2ClH.Zr/c1-6-4-2-3-5-6;;;/h2-4H,1,5H2;2*1H;/q-1;;;+2/p-2. The maximum atomic E-state index is 4.93. The van der Waals surface area contributed by atoms with Crippen molar-refractivity contribution in [3.63, 3.8) is 0 Å². The van der Waals surface area contributed by atoms with Crippen LogP contribution in [0.15, 0.2) is 23.8 Å². The molecule has 0 atom stereocenters. The van der Waals surface area contributed by atoms with Gasteiger partial charge in [-0.25, -0.2) is 18.6 Å². The van der Waals surface area contributed by atoms with Crippen molar-refractivity contribution in [2.75, 3.05) is 0 Å². The van der Waals surface area contributed by atoms with Gasteiger partial charge in [-0.2, -0.15) is 0 Å². The molecule has 0 saturated carbocycles. The van der Waals surface area contributed by atoms with Gasteiger partial charge >= 0.3 is 37.9 Å². The maximum absolute atomic E-state index is 4.93. The van der Waals surface area contributed by atoms with Gasteiger partial charge in [0.05, 0.1) is 0 Å². The van der Waals surface area contributed by atoms with Gasteiger partial charge in [0.15, 0.2) is 0 Å². The molecule has 0 fully saturated rings. The molecular weight excluding hydrogens is 234 g/mol. The minimum atomic E-state index is -0.826. The van der Waals surface area contributed by atoms with Crippen molar-refractivity contribution < 1.29 is 20.8 Å². The zero-order valence-corrected chi connectivity index (χ0v) is 8.87. The Balaban J connectivity index is 0.000000187. The third kappa shape index (κ3) is 6.70. The van der Waals surface area contributed by atoms with E-state index in [0.717, 1.165) is 6.42 Å². The van der Waals surface area contributed by atoms with Crippen LogP contribution in [0.5, 0.6) is 0 Å². The quantitative estimate of drug-likeness (QED) is 0.572. The SMILES string of the molecule is [CH2-]C1=CC=CC1.[Cl][Zr][Cl]. The molecule has 1 rings (SSSR count). The number of halogens is 2. The average Bonchev–Trinajstić information content (AvgIpc) is 2.20. The Hall–Kier alpha value is 0.813. The zero-order valence-electron chi connectivity index (χ0n) is 4.90. The molecular formula is C6H7Cl2Zr-. The first-order valence-corrected chi connectivity index (χ1v) is 8.78. The second-order valence-electron chi connectivity index (χ2n) is 1.53. The van der Waals surface area contributed by atoms with Crippen LogP contribution < -0.4 is 0 Å². The van der Waals surface area contributed by atoms with Crippen molar-refractivity contribution in [2.24, 2.45) is 0 Å². The molecule has 0 N–H and O–H groups in total. The van der Waals surface area contributed by atoms with E-state index < -0.39 is 20.8 Å². The molecule has 0 aliphatic heterocycles. The Morgan fingerprint density at radius 1 is 1.56 bits per heavy atom. The van der Waals surface area contributed by atoms with E-state index in [4.69, 9.17) is 17.0 Å². The monoisotopic (exact) mass is 239 g/mol. The van der Waals surface area contributed by atoms with E-state index in [9.17, 15) is 0 Å². The first-order chi connectivity index (χ1) is 4.31. The molecule has 9 heavy (non-hydrogen) atoms. The van der Waals surface area contributed by atoms with E-state index >= 15 is 0 Å². The fourth-order valence-corrected chi connectivity index (χ4v) is 0.492. The van der Waals surface area contributed by atoms with Gasteiger partial charge in [0.1, 0.15) is 0 Å². The Morgan fingerprint density at radius 3 is 2.22 bits per heavy atom. The fourth-order valence-electron chi connectivity index (χ4n) is 0.492. The van der Waals surface area contributed by atoms with Crippen molar-refractivity contribution >= 4 is 17.0 Å². The summed E-state index contributed by atoms with van der Waals surface area (Å²) in [6.07, 6.45) is 7.21. The number of rotatable bonds is 0. The first kappa shape index (κ1) is 9.81. The second-order valence-corrected chi connectivity index (χ2v) is 5.26. The van der Waals surface area contributed by atoms with Crippen molar-refractivity contribution in [1.29, 1.82) is 0 Å². The Labute approximate surface area is 74.6 Å². The van der Waals surface area contributed by atoms with Crippen molar-refractivity contribution in [1.82, 2.24) is 0 Å². The van der Waals surface area contributed by atoms with Crippen LogP contribution in [0.1, 0.15) is 6.42 Å². The Bertz CT molecular complexity index is 118.